The predicted octanol–water partition coefficient (Wildman–Crippen LogP) is 8.63. The third-order valence-corrected chi connectivity index (χ3v) is 11.1. The lowest BCUT2D eigenvalue weighted by Crippen LogP contribution is -2.45. The second kappa shape index (κ2) is 11.6. The summed E-state index contributed by atoms with van der Waals surface area (Å²) in [5.74, 6) is -0.533. The van der Waals surface area contributed by atoms with E-state index in [1.54, 1.807) is 12.1 Å². The molecule has 6 aromatic rings. The summed E-state index contributed by atoms with van der Waals surface area (Å²) >= 11 is 17.3. The number of carbonyl (C=O) groups excluding carboxylic acids is 1. The Balaban J connectivity index is 1.63. The lowest BCUT2D eigenvalue weighted by atomic mass is 9.63. The van der Waals surface area contributed by atoms with Crippen LogP contribution in [-0.4, -0.2) is 37.1 Å². The summed E-state index contributed by atoms with van der Waals surface area (Å²) in [4.78, 5) is 26.4. The first-order valence-corrected chi connectivity index (χ1v) is 17.8. The van der Waals surface area contributed by atoms with Gasteiger partial charge in [0.25, 0.3) is 5.89 Å². The molecule has 2 aliphatic rings. The first-order valence-electron chi connectivity index (χ1n) is 16.2. The van der Waals surface area contributed by atoms with E-state index in [0.29, 0.717) is 48.8 Å². The minimum absolute atomic E-state index is 0.0225. The Bertz CT molecular complexity index is 2380. The maximum Gasteiger partial charge on any atom is 0.250 e. The molecule has 3 unspecified atom stereocenters. The van der Waals surface area contributed by atoms with Gasteiger partial charge in [0.2, 0.25) is 11.8 Å². The van der Waals surface area contributed by atoms with Crippen molar-refractivity contribution in [3.05, 3.63) is 91.7 Å². The molecule has 0 spiro atoms. The van der Waals surface area contributed by atoms with Gasteiger partial charge in [-0.2, -0.15) is 4.98 Å². The number of rotatable bonds is 2. The Morgan fingerprint density at radius 1 is 1.00 bits per heavy atom. The number of amides is 1. The molecule has 50 heavy (non-hydrogen) atoms. The fourth-order valence-corrected chi connectivity index (χ4v) is 8.64. The number of aromatic amines is 1. The largest absolute Gasteiger partial charge is 0.507 e. The number of halogens is 3. The Hall–Kier alpha value is -4.29. The van der Waals surface area contributed by atoms with Crippen molar-refractivity contribution in [2.75, 3.05) is 0 Å². The van der Waals surface area contributed by atoms with E-state index in [1.807, 2.05) is 64.1 Å². The molecule has 3 aromatic heterocycles. The highest BCUT2D eigenvalue weighted by molar-refractivity contribution is 9.10. The van der Waals surface area contributed by atoms with Crippen LogP contribution in [0.3, 0.4) is 0 Å². The van der Waals surface area contributed by atoms with Crippen molar-refractivity contribution in [1.82, 2.24) is 20.3 Å². The fourth-order valence-electron chi connectivity index (χ4n) is 7.64. The molecule has 10 nitrogen and oxygen atoms in total. The van der Waals surface area contributed by atoms with Gasteiger partial charge in [0.15, 0.2) is 22.4 Å². The first kappa shape index (κ1) is 32.9. The summed E-state index contributed by atoms with van der Waals surface area (Å²) in [6.45, 7) is 7.81. The van der Waals surface area contributed by atoms with Gasteiger partial charge in [0, 0.05) is 27.6 Å². The Kier molecular flexibility index (Phi) is 7.65. The summed E-state index contributed by atoms with van der Waals surface area (Å²) < 4.78 is 13.8. The molecule has 0 radical (unpaired) electrons. The number of oxazole rings is 2. The normalized spacial score (nSPS) is 19.9. The van der Waals surface area contributed by atoms with E-state index in [4.69, 9.17) is 42.8 Å². The zero-order valence-corrected chi connectivity index (χ0v) is 30.5. The summed E-state index contributed by atoms with van der Waals surface area (Å²) in [7, 11) is 0. The monoisotopic (exact) mass is 775 g/mol. The number of phenolic OH excluding ortho intramolecular Hbond substituents is 2. The van der Waals surface area contributed by atoms with Crippen LogP contribution in [0.15, 0.2) is 61.8 Å². The first-order chi connectivity index (χ1) is 23.8. The van der Waals surface area contributed by atoms with E-state index in [-0.39, 0.29) is 63.1 Å². The van der Waals surface area contributed by atoms with Gasteiger partial charge in [-0.15, -0.1) is 0 Å². The van der Waals surface area contributed by atoms with Gasteiger partial charge in [0.05, 0.1) is 21.5 Å². The topological polar surface area (TPSA) is 163 Å². The molecule has 2 aliphatic heterocycles. The smallest absolute Gasteiger partial charge is 0.250 e. The number of carbonyl (C=O) groups is 1. The van der Waals surface area contributed by atoms with Crippen molar-refractivity contribution in [1.29, 1.82) is 0 Å². The molecule has 0 saturated carbocycles. The summed E-state index contributed by atoms with van der Waals surface area (Å²) in [5.41, 5.74) is 9.04. The molecular formula is C37H32BrCl2N5O5. The van der Waals surface area contributed by atoms with Crippen LogP contribution >= 0.6 is 39.1 Å². The molecule has 0 fully saturated rings. The number of nitrogens with two attached hydrogens (primary N) is 1. The van der Waals surface area contributed by atoms with Crippen molar-refractivity contribution in [2.45, 2.75) is 51.6 Å². The number of benzene rings is 3. The van der Waals surface area contributed by atoms with Gasteiger partial charge in [-0.3, -0.25) is 4.79 Å². The molecule has 3 aromatic carbocycles. The number of nitrogens with one attached hydrogen (secondary N) is 2. The van der Waals surface area contributed by atoms with Crippen LogP contribution < -0.4 is 11.1 Å². The molecule has 3 atom stereocenters. The number of hydrogen-bond acceptors (Lipinski definition) is 8. The van der Waals surface area contributed by atoms with Crippen molar-refractivity contribution in [3.63, 3.8) is 0 Å². The average Bonchev–Trinajstić information content (AvgIpc) is 3.76. The van der Waals surface area contributed by atoms with Crippen LogP contribution in [-0.2, 0) is 16.6 Å². The molecule has 5 heterocycles. The molecule has 0 aliphatic carbocycles. The number of fused-ring (bicyclic) bond motifs is 12. The van der Waals surface area contributed by atoms with Gasteiger partial charge < -0.3 is 35.1 Å². The van der Waals surface area contributed by atoms with Crippen LogP contribution in [0.5, 0.6) is 11.5 Å². The highest BCUT2D eigenvalue weighted by atomic mass is 79.9. The number of nitrogens with zero attached hydrogens (tertiary/aromatic N) is 2. The van der Waals surface area contributed by atoms with Gasteiger partial charge >= 0.3 is 0 Å². The minimum Gasteiger partial charge on any atom is -0.507 e. The second-order valence-electron chi connectivity index (χ2n) is 13.6. The van der Waals surface area contributed by atoms with E-state index in [2.05, 4.69) is 31.2 Å². The summed E-state index contributed by atoms with van der Waals surface area (Å²) in [6, 6.07) is 13.0. The van der Waals surface area contributed by atoms with E-state index >= 15 is 0 Å². The number of para-hydroxylation sites is 1. The lowest BCUT2D eigenvalue weighted by molar-refractivity contribution is -0.123. The quantitative estimate of drug-likeness (QED) is 0.117. The zero-order valence-electron chi connectivity index (χ0n) is 27.4. The number of H-pyrrole nitrogens is 1. The van der Waals surface area contributed by atoms with E-state index in [0.717, 1.165) is 0 Å². The van der Waals surface area contributed by atoms with Crippen LogP contribution in [0, 0.1) is 11.8 Å². The predicted molar refractivity (Wildman–Crippen MR) is 194 cm³/mol. The van der Waals surface area contributed by atoms with Gasteiger partial charge in [-0.25, -0.2) is 4.98 Å². The molecule has 8 rings (SSSR count). The summed E-state index contributed by atoms with van der Waals surface area (Å²) in [6.07, 6.45) is 0.166. The molecule has 6 N–H and O–H groups in total. The minimum atomic E-state index is -1.44. The fraction of sp³-hybridized carbons (Fsp3) is 0.270. The van der Waals surface area contributed by atoms with Gasteiger partial charge in [0.1, 0.15) is 22.7 Å². The number of aromatic hydroxyl groups is 2. The van der Waals surface area contributed by atoms with Crippen LogP contribution in [0.2, 0.25) is 10.3 Å². The molecule has 256 valence electrons. The molecule has 13 heteroatoms. The van der Waals surface area contributed by atoms with Crippen molar-refractivity contribution in [3.8, 4) is 45.5 Å². The highest BCUT2D eigenvalue weighted by Crippen LogP contribution is 2.58. The summed E-state index contributed by atoms with van der Waals surface area (Å²) in [5, 5.41) is 28.7. The maximum atomic E-state index is 13.5. The SMILES string of the molecule is CC(C)C1NC(=O)C(N)Cc2cc(Br)c(O)c(c2)C2(C(C)C)c3cccc(c3O)-c3cccc4[nH]c(Cl)c(c34)-c3oc(nc3Cl)-c3nc1oc32. The van der Waals surface area contributed by atoms with Crippen molar-refractivity contribution >= 4 is 55.9 Å². The van der Waals surface area contributed by atoms with Gasteiger partial charge in [-0.1, -0.05) is 87.3 Å². The number of hydrogen-bond donors (Lipinski definition) is 5. The molecule has 1 amide bonds. The molecular weight excluding hydrogens is 745 g/mol. The number of phenols is 2. The Labute approximate surface area is 305 Å². The third kappa shape index (κ3) is 4.60. The van der Waals surface area contributed by atoms with E-state index in [1.165, 1.54) is 0 Å². The standard InChI is InChI=1S/C37H32BrCl2N5O5/c1-14(2)26-35-44-27-31(50-35)37(15(3)4,20-11-16(12-21(38)29(20)47)13-22(41)34(48)43-26)19-9-5-8-18(28(19)46)17-7-6-10-23-24(17)25(32(39)42-23)30-33(40)45-36(27)49-30/h5-12,14-15,22,26,42,46-47H,13,41H2,1-4H3,(H,43,48). The lowest BCUT2D eigenvalue weighted by Gasteiger charge is -2.39. The Morgan fingerprint density at radius 3 is 2.48 bits per heavy atom. The third-order valence-electron chi connectivity index (χ3n) is 9.98. The second-order valence-corrected chi connectivity index (χ2v) is 15.2. The van der Waals surface area contributed by atoms with Crippen LogP contribution in [0.1, 0.15) is 62.1 Å². The van der Waals surface area contributed by atoms with E-state index < -0.39 is 29.3 Å². The van der Waals surface area contributed by atoms with Crippen molar-refractivity contribution in [2.24, 2.45) is 17.6 Å². The number of aromatic nitrogens is 3. The molecule has 8 bridgehead atoms. The van der Waals surface area contributed by atoms with E-state index in [9.17, 15) is 15.0 Å². The van der Waals surface area contributed by atoms with Crippen molar-refractivity contribution < 1.29 is 23.8 Å². The van der Waals surface area contributed by atoms with Gasteiger partial charge in [-0.05, 0) is 57.4 Å². The Morgan fingerprint density at radius 2 is 1.74 bits per heavy atom. The average molecular weight is 778 g/mol. The molecule has 0 saturated heterocycles. The van der Waals surface area contributed by atoms with Crippen LogP contribution in [0.4, 0.5) is 0 Å². The highest BCUT2D eigenvalue weighted by Gasteiger charge is 2.51. The maximum absolute atomic E-state index is 13.5. The zero-order chi connectivity index (χ0) is 35.4. The van der Waals surface area contributed by atoms with Crippen LogP contribution in [0.25, 0.3) is 44.9 Å².